The second-order valence-corrected chi connectivity index (χ2v) is 7.35. The van der Waals surface area contributed by atoms with E-state index in [2.05, 4.69) is 12.1 Å². The summed E-state index contributed by atoms with van der Waals surface area (Å²) in [7, 11) is 0. The number of nitrogens with zero attached hydrogens (tertiary/aromatic N) is 1. The molecule has 5 heteroatoms. The van der Waals surface area contributed by atoms with Crippen LogP contribution < -0.4 is 0 Å². The van der Waals surface area contributed by atoms with Crippen LogP contribution in [0.2, 0.25) is 0 Å². The molecular weight excluding hydrogens is 378 g/mol. The van der Waals surface area contributed by atoms with Gasteiger partial charge in [0.1, 0.15) is 0 Å². The lowest BCUT2D eigenvalue weighted by Crippen LogP contribution is -2.34. The highest BCUT2D eigenvalue weighted by atomic mass is 16.4. The summed E-state index contributed by atoms with van der Waals surface area (Å²) in [6.45, 7) is 0. The van der Waals surface area contributed by atoms with Gasteiger partial charge in [-0.1, -0.05) is 60.7 Å². The molecule has 0 saturated carbocycles. The molecule has 1 N–H and O–H groups in total. The molecule has 2 amide bonds. The largest absolute Gasteiger partial charge is 0.478 e. The van der Waals surface area contributed by atoms with Crippen molar-refractivity contribution >= 4 is 17.8 Å². The Morgan fingerprint density at radius 2 is 1.47 bits per heavy atom. The van der Waals surface area contributed by atoms with Crippen molar-refractivity contribution in [1.29, 1.82) is 0 Å². The third-order valence-electron chi connectivity index (χ3n) is 5.45. The average molecular weight is 399 g/mol. The first kappa shape index (κ1) is 19.6. The zero-order valence-corrected chi connectivity index (χ0v) is 16.3. The van der Waals surface area contributed by atoms with E-state index in [0.29, 0.717) is 6.42 Å². The maximum Gasteiger partial charge on any atom is 0.335 e. The third-order valence-corrected chi connectivity index (χ3v) is 5.45. The summed E-state index contributed by atoms with van der Waals surface area (Å²) in [5, 5.41) is 9.24. The van der Waals surface area contributed by atoms with Crippen LogP contribution >= 0.6 is 0 Å². The molecule has 0 aliphatic carbocycles. The van der Waals surface area contributed by atoms with Gasteiger partial charge in [-0.05, 0) is 48.6 Å². The van der Waals surface area contributed by atoms with E-state index in [-0.39, 0.29) is 22.6 Å². The number of hydrogen-bond donors (Lipinski definition) is 1. The monoisotopic (exact) mass is 399 g/mol. The van der Waals surface area contributed by atoms with Gasteiger partial charge < -0.3 is 5.11 Å². The molecule has 4 rings (SSSR count). The summed E-state index contributed by atoms with van der Waals surface area (Å²) < 4.78 is 0. The number of imide groups is 1. The Morgan fingerprint density at radius 1 is 0.833 bits per heavy atom. The van der Waals surface area contributed by atoms with Gasteiger partial charge in [-0.3, -0.25) is 14.5 Å². The first-order chi connectivity index (χ1) is 14.6. The van der Waals surface area contributed by atoms with Crippen LogP contribution in [0.1, 0.15) is 61.1 Å². The highest BCUT2D eigenvalue weighted by Crippen LogP contribution is 2.35. The van der Waals surface area contributed by atoms with Gasteiger partial charge in [-0.15, -0.1) is 0 Å². The van der Waals surface area contributed by atoms with Crippen molar-refractivity contribution in [3.63, 3.8) is 0 Å². The van der Waals surface area contributed by atoms with E-state index in [1.165, 1.54) is 28.7 Å². The molecule has 3 aromatic carbocycles. The normalized spacial score (nSPS) is 13.9. The number of carbonyl (C=O) groups excluding carboxylic acids is 2. The molecule has 1 atom stereocenters. The van der Waals surface area contributed by atoms with Crippen molar-refractivity contribution in [2.75, 3.05) is 0 Å². The molecule has 0 spiro atoms. The molecule has 0 radical (unpaired) electrons. The standard InChI is InChI=1S/C25H21NO4/c27-23-20-15-14-19(25(29)30)16-21(20)24(28)26(23)22(18-11-5-2-6-12-18)13-7-10-17-8-3-1-4-9-17/h1-6,8-9,11-12,14-16,22H,7,10,13H2,(H,29,30)/t22-/m0/s1. The van der Waals surface area contributed by atoms with Gasteiger partial charge in [0, 0.05) is 0 Å². The van der Waals surface area contributed by atoms with Crippen molar-refractivity contribution in [2.45, 2.75) is 25.3 Å². The van der Waals surface area contributed by atoms with E-state index < -0.39 is 17.9 Å². The summed E-state index contributed by atoms with van der Waals surface area (Å²) in [4.78, 5) is 38.8. The molecule has 0 saturated heterocycles. The molecule has 150 valence electrons. The molecule has 1 aliphatic heterocycles. The van der Waals surface area contributed by atoms with Crippen LogP contribution in [0.4, 0.5) is 0 Å². The van der Waals surface area contributed by atoms with Gasteiger partial charge in [0.05, 0.1) is 22.7 Å². The Bertz CT molecular complexity index is 1090. The van der Waals surface area contributed by atoms with Crippen LogP contribution in [-0.4, -0.2) is 27.8 Å². The van der Waals surface area contributed by atoms with Crippen molar-refractivity contribution in [1.82, 2.24) is 4.90 Å². The van der Waals surface area contributed by atoms with Gasteiger partial charge in [0.2, 0.25) is 0 Å². The lowest BCUT2D eigenvalue weighted by Gasteiger charge is -2.27. The predicted molar refractivity (Wildman–Crippen MR) is 112 cm³/mol. The fraction of sp³-hybridized carbons (Fsp3) is 0.160. The zero-order valence-electron chi connectivity index (χ0n) is 16.3. The van der Waals surface area contributed by atoms with E-state index in [9.17, 15) is 19.5 Å². The Labute approximate surface area is 174 Å². The summed E-state index contributed by atoms with van der Waals surface area (Å²) in [6, 6.07) is 23.3. The van der Waals surface area contributed by atoms with Crippen LogP contribution in [-0.2, 0) is 6.42 Å². The fourth-order valence-electron chi connectivity index (χ4n) is 3.94. The molecule has 30 heavy (non-hydrogen) atoms. The lowest BCUT2D eigenvalue weighted by molar-refractivity contribution is 0.0571. The van der Waals surface area contributed by atoms with E-state index in [1.807, 2.05) is 48.5 Å². The van der Waals surface area contributed by atoms with Crippen LogP contribution in [0.5, 0.6) is 0 Å². The van der Waals surface area contributed by atoms with Crippen LogP contribution in [0.25, 0.3) is 0 Å². The lowest BCUT2D eigenvalue weighted by atomic mass is 9.97. The first-order valence-corrected chi connectivity index (χ1v) is 9.90. The number of carboxylic acid groups (broad SMARTS) is 1. The Kier molecular flexibility index (Phi) is 5.44. The van der Waals surface area contributed by atoms with E-state index >= 15 is 0 Å². The molecule has 1 aliphatic rings. The van der Waals surface area contributed by atoms with Crippen molar-refractivity contribution in [3.8, 4) is 0 Å². The molecule has 0 unspecified atom stereocenters. The first-order valence-electron chi connectivity index (χ1n) is 9.90. The number of amides is 2. The van der Waals surface area contributed by atoms with Gasteiger partial charge in [-0.25, -0.2) is 4.79 Å². The van der Waals surface area contributed by atoms with Crippen molar-refractivity contribution in [2.24, 2.45) is 0 Å². The minimum Gasteiger partial charge on any atom is -0.478 e. The number of aryl methyl sites for hydroxylation is 1. The zero-order chi connectivity index (χ0) is 21.1. The van der Waals surface area contributed by atoms with E-state index in [1.54, 1.807) is 0 Å². The molecule has 0 aromatic heterocycles. The second kappa shape index (κ2) is 8.33. The number of fused-ring (bicyclic) bond motifs is 1. The molecule has 3 aromatic rings. The Balaban J connectivity index is 1.62. The second-order valence-electron chi connectivity index (χ2n) is 7.35. The topological polar surface area (TPSA) is 74.7 Å². The van der Waals surface area contributed by atoms with Gasteiger partial charge in [-0.2, -0.15) is 0 Å². The maximum atomic E-state index is 13.1. The van der Waals surface area contributed by atoms with Crippen LogP contribution in [0.15, 0.2) is 78.9 Å². The molecule has 0 fully saturated rings. The molecular formula is C25H21NO4. The quantitative estimate of drug-likeness (QED) is 0.582. The average Bonchev–Trinajstić information content (AvgIpc) is 3.02. The predicted octanol–water partition coefficient (Wildman–Crippen LogP) is 4.75. The SMILES string of the molecule is O=C(O)c1ccc2c(c1)C(=O)N([C@@H](CCCc1ccccc1)c1ccccc1)C2=O. The van der Waals surface area contributed by atoms with Gasteiger partial charge >= 0.3 is 5.97 Å². The maximum absolute atomic E-state index is 13.1. The summed E-state index contributed by atoms with van der Waals surface area (Å²) in [5.41, 5.74) is 2.51. The number of rotatable bonds is 7. The van der Waals surface area contributed by atoms with Crippen molar-refractivity contribution in [3.05, 3.63) is 107 Å². The Hall–Kier alpha value is -3.73. The van der Waals surface area contributed by atoms with E-state index in [4.69, 9.17) is 0 Å². The number of carbonyl (C=O) groups is 3. The summed E-state index contributed by atoms with van der Waals surface area (Å²) in [5.74, 6) is -1.94. The molecule has 0 bridgehead atoms. The highest BCUT2D eigenvalue weighted by Gasteiger charge is 2.40. The van der Waals surface area contributed by atoms with E-state index in [0.717, 1.165) is 18.4 Å². The Morgan fingerprint density at radius 3 is 2.13 bits per heavy atom. The minimum absolute atomic E-state index is 0.00270. The molecule has 1 heterocycles. The minimum atomic E-state index is -1.13. The van der Waals surface area contributed by atoms with Gasteiger partial charge in [0.15, 0.2) is 0 Å². The smallest absolute Gasteiger partial charge is 0.335 e. The number of aromatic carboxylic acids is 1. The van der Waals surface area contributed by atoms with Crippen molar-refractivity contribution < 1.29 is 19.5 Å². The highest BCUT2D eigenvalue weighted by molar-refractivity contribution is 6.22. The summed E-state index contributed by atoms with van der Waals surface area (Å²) >= 11 is 0. The fourth-order valence-corrected chi connectivity index (χ4v) is 3.94. The number of carboxylic acids is 1. The number of benzene rings is 3. The third kappa shape index (κ3) is 3.74. The van der Waals surface area contributed by atoms with Gasteiger partial charge in [0.25, 0.3) is 11.8 Å². The molecule has 5 nitrogen and oxygen atoms in total. The summed E-state index contributed by atoms with van der Waals surface area (Å²) in [6.07, 6.45) is 2.27. The van der Waals surface area contributed by atoms with Crippen LogP contribution in [0, 0.1) is 0 Å². The number of hydrogen-bond acceptors (Lipinski definition) is 3. The van der Waals surface area contributed by atoms with Crippen LogP contribution in [0.3, 0.4) is 0 Å².